The predicted octanol–water partition coefficient (Wildman–Crippen LogP) is 2.99. The highest BCUT2D eigenvalue weighted by Crippen LogP contribution is 2.23. The van der Waals surface area contributed by atoms with Gasteiger partial charge in [-0.3, -0.25) is 14.5 Å². The Balaban J connectivity index is 1.80. The molecule has 0 radical (unpaired) electrons. The molecule has 2 aromatic carbocycles. The summed E-state index contributed by atoms with van der Waals surface area (Å²) in [6, 6.07) is 14.4. The van der Waals surface area contributed by atoms with E-state index in [2.05, 4.69) is 10.6 Å². The zero-order chi connectivity index (χ0) is 20.4. The number of amides is 2. The summed E-state index contributed by atoms with van der Waals surface area (Å²) in [5.74, 6) is 1.09. The van der Waals surface area contributed by atoms with Crippen molar-refractivity contribution in [3.05, 3.63) is 48.5 Å². The van der Waals surface area contributed by atoms with Crippen LogP contribution >= 0.6 is 0 Å². The summed E-state index contributed by atoms with van der Waals surface area (Å²) in [5, 5.41) is 5.69. The fourth-order valence-electron chi connectivity index (χ4n) is 2.65. The first-order valence-corrected chi connectivity index (χ1v) is 9.14. The predicted molar refractivity (Wildman–Crippen MR) is 110 cm³/mol. The van der Waals surface area contributed by atoms with Crippen LogP contribution in [0.3, 0.4) is 0 Å². The van der Waals surface area contributed by atoms with Crippen LogP contribution in [0, 0.1) is 0 Å². The normalized spacial score (nSPS) is 10.4. The summed E-state index contributed by atoms with van der Waals surface area (Å²) >= 11 is 0. The van der Waals surface area contributed by atoms with Crippen molar-refractivity contribution < 1.29 is 19.1 Å². The second-order valence-electron chi connectivity index (χ2n) is 6.14. The van der Waals surface area contributed by atoms with Gasteiger partial charge in [-0.1, -0.05) is 19.1 Å². The molecule has 0 fully saturated rings. The molecule has 0 unspecified atom stereocenters. The lowest BCUT2D eigenvalue weighted by Crippen LogP contribution is -2.35. The fraction of sp³-hybridized carbons (Fsp3) is 0.333. The summed E-state index contributed by atoms with van der Waals surface area (Å²) in [6.07, 6.45) is 0.279. The maximum absolute atomic E-state index is 12.3. The molecule has 150 valence electrons. The molecule has 28 heavy (non-hydrogen) atoms. The van der Waals surface area contributed by atoms with Gasteiger partial charge in [-0.05, 0) is 42.9 Å². The fourth-order valence-corrected chi connectivity index (χ4v) is 2.65. The molecule has 0 heterocycles. The number of ether oxygens (including phenoxy) is 2. The number of anilines is 2. The molecule has 0 aliphatic heterocycles. The molecule has 0 bridgehead atoms. The zero-order valence-electron chi connectivity index (χ0n) is 16.5. The molecule has 7 nitrogen and oxygen atoms in total. The molecule has 0 spiro atoms. The van der Waals surface area contributed by atoms with Gasteiger partial charge < -0.3 is 20.1 Å². The highest BCUT2D eigenvalue weighted by atomic mass is 16.5. The van der Waals surface area contributed by atoms with Crippen molar-refractivity contribution in [2.75, 3.05) is 44.5 Å². The molecule has 0 aliphatic carbocycles. The van der Waals surface area contributed by atoms with E-state index in [-0.39, 0.29) is 24.8 Å². The number of nitrogens with one attached hydrogen (secondary N) is 2. The summed E-state index contributed by atoms with van der Waals surface area (Å²) in [7, 11) is 3.15. The van der Waals surface area contributed by atoms with Gasteiger partial charge >= 0.3 is 0 Å². The van der Waals surface area contributed by atoms with Crippen molar-refractivity contribution in [2.24, 2.45) is 0 Å². The standard InChI is InChI=1S/C21H27N3O4/c1-4-24(15-21(26)22-16-9-11-17(27-2)12-10-16)14-13-20(25)23-18-7-5-6-8-19(18)28-3/h5-12H,4,13-15H2,1-3H3,(H,22,26)(H,23,25). The lowest BCUT2D eigenvalue weighted by Gasteiger charge is -2.19. The number of hydrogen-bond donors (Lipinski definition) is 2. The number of rotatable bonds is 10. The maximum Gasteiger partial charge on any atom is 0.238 e. The van der Waals surface area contributed by atoms with Crippen LogP contribution in [0.15, 0.2) is 48.5 Å². The Kier molecular flexibility index (Phi) is 8.30. The Bertz CT molecular complexity index is 777. The number of likely N-dealkylation sites (N-methyl/N-ethyl adjacent to an activating group) is 1. The van der Waals surface area contributed by atoms with Crippen molar-refractivity contribution in [3.8, 4) is 11.5 Å². The van der Waals surface area contributed by atoms with Gasteiger partial charge in [0.15, 0.2) is 0 Å². The molecule has 2 N–H and O–H groups in total. The van der Waals surface area contributed by atoms with E-state index in [0.717, 1.165) is 5.75 Å². The first-order chi connectivity index (χ1) is 13.5. The molecule has 0 aliphatic rings. The molecule has 7 heteroatoms. The number of benzene rings is 2. The van der Waals surface area contributed by atoms with E-state index in [1.54, 1.807) is 50.6 Å². The van der Waals surface area contributed by atoms with Crippen LogP contribution in [0.4, 0.5) is 11.4 Å². The largest absolute Gasteiger partial charge is 0.497 e. The second-order valence-corrected chi connectivity index (χ2v) is 6.14. The highest BCUT2D eigenvalue weighted by molar-refractivity contribution is 5.93. The molecule has 0 saturated carbocycles. The molecule has 0 saturated heterocycles. The van der Waals surface area contributed by atoms with E-state index in [9.17, 15) is 9.59 Å². The lowest BCUT2D eigenvalue weighted by molar-refractivity contribution is -0.119. The molecule has 2 amide bonds. The van der Waals surface area contributed by atoms with Gasteiger partial charge in [0.2, 0.25) is 11.8 Å². The molecular formula is C21H27N3O4. The van der Waals surface area contributed by atoms with Crippen LogP contribution in [0.25, 0.3) is 0 Å². The minimum atomic E-state index is -0.128. The van der Waals surface area contributed by atoms with Gasteiger partial charge in [-0.25, -0.2) is 0 Å². The Hall–Kier alpha value is -3.06. The minimum absolute atomic E-state index is 0.126. The molecule has 0 aromatic heterocycles. The average Bonchev–Trinajstić information content (AvgIpc) is 2.72. The SMILES string of the molecule is CCN(CCC(=O)Nc1ccccc1OC)CC(=O)Nc1ccc(OC)cc1. The van der Waals surface area contributed by atoms with Crippen molar-refractivity contribution in [1.82, 2.24) is 4.90 Å². The Labute approximate surface area is 165 Å². The van der Waals surface area contributed by atoms with E-state index in [0.29, 0.717) is 30.2 Å². The third kappa shape index (κ3) is 6.59. The topological polar surface area (TPSA) is 79.9 Å². The van der Waals surface area contributed by atoms with E-state index >= 15 is 0 Å². The quantitative estimate of drug-likeness (QED) is 0.657. The molecule has 0 atom stereocenters. The van der Waals surface area contributed by atoms with Crippen molar-refractivity contribution >= 4 is 23.2 Å². The van der Waals surface area contributed by atoms with Crippen molar-refractivity contribution in [2.45, 2.75) is 13.3 Å². The Morgan fingerprint density at radius 2 is 1.64 bits per heavy atom. The second kappa shape index (κ2) is 10.9. The van der Waals surface area contributed by atoms with E-state index in [4.69, 9.17) is 9.47 Å². The van der Waals surface area contributed by atoms with Crippen LogP contribution in [0.5, 0.6) is 11.5 Å². The summed E-state index contributed by atoms with van der Waals surface area (Å²) in [6.45, 7) is 3.31. The first kappa shape index (κ1) is 21.2. The van der Waals surface area contributed by atoms with Crippen LogP contribution < -0.4 is 20.1 Å². The molecule has 2 rings (SSSR count). The molecule has 2 aromatic rings. The van der Waals surface area contributed by atoms with E-state index in [1.165, 1.54) is 0 Å². The van der Waals surface area contributed by atoms with E-state index < -0.39 is 0 Å². The van der Waals surface area contributed by atoms with Gasteiger partial charge in [0.05, 0.1) is 26.5 Å². The van der Waals surface area contributed by atoms with Gasteiger partial charge in [0.25, 0.3) is 0 Å². The third-order valence-corrected chi connectivity index (χ3v) is 4.22. The summed E-state index contributed by atoms with van der Waals surface area (Å²) in [5.41, 5.74) is 1.34. The van der Waals surface area contributed by atoms with Gasteiger partial charge in [0, 0.05) is 18.7 Å². The van der Waals surface area contributed by atoms with Crippen molar-refractivity contribution in [3.63, 3.8) is 0 Å². The first-order valence-electron chi connectivity index (χ1n) is 9.14. The smallest absolute Gasteiger partial charge is 0.238 e. The third-order valence-electron chi connectivity index (χ3n) is 4.22. The number of methoxy groups -OCH3 is 2. The van der Waals surface area contributed by atoms with Crippen LogP contribution in [-0.4, -0.2) is 50.6 Å². The highest BCUT2D eigenvalue weighted by Gasteiger charge is 2.13. The van der Waals surface area contributed by atoms with Crippen LogP contribution in [-0.2, 0) is 9.59 Å². The average molecular weight is 385 g/mol. The number of carbonyl (C=O) groups is 2. The Morgan fingerprint density at radius 1 is 0.929 bits per heavy atom. The minimum Gasteiger partial charge on any atom is -0.497 e. The van der Waals surface area contributed by atoms with Crippen molar-refractivity contribution in [1.29, 1.82) is 0 Å². The number of nitrogens with zero attached hydrogens (tertiary/aromatic N) is 1. The van der Waals surface area contributed by atoms with Crippen LogP contribution in [0.1, 0.15) is 13.3 Å². The molecular weight excluding hydrogens is 358 g/mol. The maximum atomic E-state index is 12.3. The van der Waals surface area contributed by atoms with E-state index in [1.807, 2.05) is 24.0 Å². The Morgan fingerprint density at radius 3 is 2.29 bits per heavy atom. The summed E-state index contributed by atoms with van der Waals surface area (Å²) in [4.78, 5) is 26.4. The monoisotopic (exact) mass is 385 g/mol. The van der Waals surface area contributed by atoms with Gasteiger partial charge in [-0.2, -0.15) is 0 Å². The zero-order valence-corrected chi connectivity index (χ0v) is 16.5. The number of para-hydroxylation sites is 2. The van der Waals surface area contributed by atoms with Gasteiger partial charge in [0.1, 0.15) is 11.5 Å². The van der Waals surface area contributed by atoms with Crippen LogP contribution in [0.2, 0.25) is 0 Å². The number of hydrogen-bond acceptors (Lipinski definition) is 5. The number of carbonyl (C=O) groups excluding carboxylic acids is 2. The lowest BCUT2D eigenvalue weighted by atomic mass is 10.2. The summed E-state index contributed by atoms with van der Waals surface area (Å²) < 4.78 is 10.3. The van der Waals surface area contributed by atoms with Gasteiger partial charge in [-0.15, -0.1) is 0 Å².